The van der Waals surface area contributed by atoms with Crippen molar-refractivity contribution in [1.82, 2.24) is 0 Å². The van der Waals surface area contributed by atoms with E-state index < -0.39 is 4.92 Å². The second kappa shape index (κ2) is 8.34. The molecule has 0 fully saturated rings. The maximum absolute atomic E-state index is 10.9. The molecule has 0 bridgehead atoms. The van der Waals surface area contributed by atoms with E-state index in [1.165, 1.54) is 31.7 Å². The molecule has 106 valence electrons. The zero-order valence-corrected chi connectivity index (χ0v) is 11.4. The molecule has 1 aromatic rings. The van der Waals surface area contributed by atoms with E-state index in [-0.39, 0.29) is 17.1 Å². The lowest BCUT2D eigenvalue weighted by molar-refractivity contribution is -0.384. The maximum Gasteiger partial charge on any atom is 0.333 e. The molecule has 5 nitrogen and oxygen atoms in total. The number of hydrogen-bond acceptors (Lipinski definition) is 4. The first kappa shape index (κ1) is 15.3. The normalized spacial score (nSPS) is 10.4. The topological polar surface area (TPSA) is 78.4 Å². The third kappa shape index (κ3) is 5.16. The number of nitro benzene ring substituents is 1. The van der Waals surface area contributed by atoms with Crippen molar-refractivity contribution >= 4 is 11.4 Å². The van der Waals surface area contributed by atoms with E-state index in [1.54, 1.807) is 12.1 Å². The van der Waals surface area contributed by atoms with Crippen LogP contribution in [0.5, 0.6) is 5.75 Å². The van der Waals surface area contributed by atoms with Crippen molar-refractivity contribution in [3.05, 3.63) is 28.3 Å². The molecule has 2 N–H and O–H groups in total. The summed E-state index contributed by atoms with van der Waals surface area (Å²) in [4.78, 5) is 10.4. The number of nitrogens with zero attached hydrogens (tertiary/aromatic N) is 1. The van der Waals surface area contributed by atoms with Crippen molar-refractivity contribution in [2.45, 2.75) is 45.4 Å². The van der Waals surface area contributed by atoms with Crippen LogP contribution in [0.2, 0.25) is 0 Å². The summed E-state index contributed by atoms with van der Waals surface area (Å²) in [5, 5.41) is 10.9. The molecule has 0 aliphatic carbocycles. The molecule has 1 rings (SSSR count). The Morgan fingerprint density at radius 3 is 2.58 bits per heavy atom. The summed E-state index contributed by atoms with van der Waals surface area (Å²) in [6.07, 6.45) is 6.93. The number of anilines is 1. The number of nitrogen functional groups attached to an aromatic ring is 1. The van der Waals surface area contributed by atoms with E-state index >= 15 is 0 Å². The van der Waals surface area contributed by atoms with Gasteiger partial charge in [-0.2, -0.15) is 0 Å². The van der Waals surface area contributed by atoms with E-state index in [2.05, 4.69) is 6.92 Å². The van der Waals surface area contributed by atoms with Crippen molar-refractivity contribution in [2.24, 2.45) is 0 Å². The lowest BCUT2D eigenvalue weighted by Crippen LogP contribution is -2.03. The molecule has 0 spiro atoms. The standard InChI is InChI=1S/C14H22N2O3/c1-2-3-4-5-6-7-11-19-13-10-8-9-12(15)14(13)16(17)18/h8-10H,2-7,11,15H2,1H3. The summed E-state index contributed by atoms with van der Waals surface area (Å²) < 4.78 is 5.46. The molecule has 0 saturated carbocycles. The number of ether oxygens (including phenoxy) is 1. The fourth-order valence-electron chi connectivity index (χ4n) is 1.92. The van der Waals surface area contributed by atoms with Crippen LogP contribution in [0.25, 0.3) is 0 Å². The molecule has 5 heteroatoms. The number of rotatable bonds is 9. The van der Waals surface area contributed by atoms with E-state index in [4.69, 9.17) is 10.5 Å². The Morgan fingerprint density at radius 1 is 1.21 bits per heavy atom. The average molecular weight is 266 g/mol. The number of hydrogen-bond donors (Lipinski definition) is 1. The Morgan fingerprint density at radius 2 is 1.89 bits per heavy atom. The van der Waals surface area contributed by atoms with Crippen molar-refractivity contribution < 1.29 is 9.66 Å². The quantitative estimate of drug-likeness (QED) is 0.318. The predicted molar refractivity (Wildman–Crippen MR) is 76.4 cm³/mol. The van der Waals surface area contributed by atoms with Gasteiger partial charge >= 0.3 is 5.69 Å². The summed E-state index contributed by atoms with van der Waals surface area (Å²) >= 11 is 0. The van der Waals surface area contributed by atoms with Crippen LogP contribution in [0.3, 0.4) is 0 Å². The average Bonchev–Trinajstić information content (AvgIpc) is 2.37. The van der Waals surface area contributed by atoms with Gasteiger partial charge in [-0.1, -0.05) is 45.1 Å². The van der Waals surface area contributed by atoms with Crippen LogP contribution in [-0.4, -0.2) is 11.5 Å². The molecule has 1 aromatic carbocycles. The van der Waals surface area contributed by atoms with Gasteiger partial charge in [0.25, 0.3) is 0 Å². The van der Waals surface area contributed by atoms with Gasteiger partial charge in [-0.3, -0.25) is 10.1 Å². The van der Waals surface area contributed by atoms with Crippen LogP contribution in [0, 0.1) is 10.1 Å². The fraction of sp³-hybridized carbons (Fsp3) is 0.571. The molecule has 0 atom stereocenters. The SMILES string of the molecule is CCCCCCCCOc1cccc(N)c1[N+](=O)[O-]. The van der Waals surface area contributed by atoms with Crippen molar-refractivity contribution in [1.29, 1.82) is 0 Å². The van der Waals surface area contributed by atoms with Gasteiger partial charge in [-0.05, 0) is 18.6 Å². The Hall–Kier alpha value is -1.78. The van der Waals surface area contributed by atoms with Gasteiger partial charge in [0.05, 0.1) is 11.5 Å². The third-order valence-corrected chi connectivity index (χ3v) is 2.97. The molecule has 0 saturated heterocycles. The molecule has 0 aromatic heterocycles. The number of benzene rings is 1. The van der Waals surface area contributed by atoms with Gasteiger partial charge < -0.3 is 10.5 Å². The Balaban J connectivity index is 2.37. The Labute approximate surface area is 113 Å². The summed E-state index contributed by atoms with van der Waals surface area (Å²) in [5.41, 5.74) is 5.60. The van der Waals surface area contributed by atoms with Crippen LogP contribution in [-0.2, 0) is 0 Å². The highest BCUT2D eigenvalue weighted by molar-refractivity contribution is 5.65. The van der Waals surface area contributed by atoms with Gasteiger partial charge in [0.2, 0.25) is 0 Å². The Kier molecular flexibility index (Phi) is 6.71. The first-order chi connectivity index (χ1) is 9.16. The van der Waals surface area contributed by atoms with E-state index in [1.807, 2.05) is 0 Å². The molecular weight excluding hydrogens is 244 g/mol. The molecule has 19 heavy (non-hydrogen) atoms. The summed E-state index contributed by atoms with van der Waals surface area (Å²) in [5.74, 6) is 0.263. The highest BCUT2D eigenvalue weighted by Gasteiger charge is 2.18. The first-order valence-electron chi connectivity index (χ1n) is 6.82. The smallest absolute Gasteiger partial charge is 0.333 e. The van der Waals surface area contributed by atoms with Crippen LogP contribution in [0.15, 0.2) is 18.2 Å². The van der Waals surface area contributed by atoms with Crippen molar-refractivity contribution in [3.8, 4) is 5.75 Å². The number of nitro groups is 1. The van der Waals surface area contributed by atoms with Crippen molar-refractivity contribution in [3.63, 3.8) is 0 Å². The molecule has 0 heterocycles. The molecule has 0 aliphatic heterocycles. The molecule has 0 radical (unpaired) electrons. The van der Waals surface area contributed by atoms with Crippen LogP contribution >= 0.6 is 0 Å². The lowest BCUT2D eigenvalue weighted by Gasteiger charge is -2.07. The second-order valence-corrected chi connectivity index (χ2v) is 4.57. The molecule has 0 amide bonds. The third-order valence-electron chi connectivity index (χ3n) is 2.97. The zero-order valence-electron chi connectivity index (χ0n) is 11.4. The van der Waals surface area contributed by atoms with E-state index in [9.17, 15) is 10.1 Å². The summed E-state index contributed by atoms with van der Waals surface area (Å²) in [7, 11) is 0. The van der Waals surface area contributed by atoms with Crippen LogP contribution < -0.4 is 10.5 Å². The van der Waals surface area contributed by atoms with Crippen molar-refractivity contribution in [2.75, 3.05) is 12.3 Å². The minimum absolute atomic E-state index is 0.131. The highest BCUT2D eigenvalue weighted by atomic mass is 16.6. The summed E-state index contributed by atoms with van der Waals surface area (Å²) in [6.45, 7) is 2.68. The van der Waals surface area contributed by atoms with Gasteiger partial charge in [0, 0.05) is 0 Å². The zero-order chi connectivity index (χ0) is 14.1. The molecule has 0 unspecified atom stereocenters. The van der Waals surface area contributed by atoms with Gasteiger partial charge in [-0.25, -0.2) is 0 Å². The van der Waals surface area contributed by atoms with Gasteiger partial charge in [-0.15, -0.1) is 0 Å². The first-order valence-corrected chi connectivity index (χ1v) is 6.82. The predicted octanol–water partition coefficient (Wildman–Crippen LogP) is 3.92. The van der Waals surface area contributed by atoms with Crippen LogP contribution in [0.4, 0.5) is 11.4 Å². The monoisotopic (exact) mass is 266 g/mol. The maximum atomic E-state index is 10.9. The van der Waals surface area contributed by atoms with Gasteiger partial charge in [0.15, 0.2) is 5.75 Å². The number of unbranched alkanes of at least 4 members (excludes halogenated alkanes) is 5. The minimum atomic E-state index is -0.494. The minimum Gasteiger partial charge on any atom is -0.487 e. The molecule has 0 aliphatic rings. The second-order valence-electron chi connectivity index (χ2n) is 4.57. The Bertz CT molecular complexity index is 408. The largest absolute Gasteiger partial charge is 0.487 e. The highest BCUT2D eigenvalue weighted by Crippen LogP contribution is 2.32. The number of para-hydroxylation sites is 1. The molecular formula is C14H22N2O3. The van der Waals surface area contributed by atoms with Gasteiger partial charge in [0.1, 0.15) is 5.69 Å². The van der Waals surface area contributed by atoms with E-state index in [0.717, 1.165) is 12.8 Å². The fourth-order valence-corrected chi connectivity index (χ4v) is 1.92. The van der Waals surface area contributed by atoms with Crippen LogP contribution in [0.1, 0.15) is 45.4 Å². The lowest BCUT2D eigenvalue weighted by atomic mass is 10.1. The summed E-state index contributed by atoms with van der Waals surface area (Å²) in [6, 6.07) is 4.76. The van der Waals surface area contributed by atoms with E-state index in [0.29, 0.717) is 6.61 Å². The number of nitrogens with two attached hydrogens (primary N) is 1.